The summed E-state index contributed by atoms with van der Waals surface area (Å²) in [6.45, 7) is 0.673. The van der Waals surface area contributed by atoms with Gasteiger partial charge in [-0.1, -0.05) is 12.8 Å². The second-order valence-corrected chi connectivity index (χ2v) is 7.91. The highest BCUT2D eigenvalue weighted by Crippen LogP contribution is 2.37. The van der Waals surface area contributed by atoms with Crippen molar-refractivity contribution in [2.75, 3.05) is 40.6 Å². The van der Waals surface area contributed by atoms with Crippen LogP contribution in [0, 0.1) is 0 Å². The van der Waals surface area contributed by atoms with E-state index in [9.17, 15) is 9.59 Å². The molecule has 0 unspecified atom stereocenters. The molecule has 1 fully saturated rings. The van der Waals surface area contributed by atoms with E-state index >= 15 is 0 Å². The molecule has 1 aromatic heterocycles. The monoisotopic (exact) mass is 408 g/mol. The van der Waals surface area contributed by atoms with Crippen LogP contribution in [0.2, 0.25) is 0 Å². The first-order valence-corrected chi connectivity index (χ1v) is 10.3. The summed E-state index contributed by atoms with van der Waals surface area (Å²) in [4.78, 5) is 37.1. The molecular formula is C21H24N6O3. The van der Waals surface area contributed by atoms with Crippen molar-refractivity contribution >= 4 is 40.6 Å². The summed E-state index contributed by atoms with van der Waals surface area (Å²) in [6.07, 6.45) is 6.85. The summed E-state index contributed by atoms with van der Waals surface area (Å²) < 4.78 is 5.49. The number of fused-ring (bicyclic) bond motifs is 2. The van der Waals surface area contributed by atoms with Gasteiger partial charge in [-0.3, -0.25) is 9.59 Å². The minimum atomic E-state index is -0.164. The standard InChI is InChI=1S/C21H24N6O3/c1-26-16-11-22-21(23-13-6-7-15-17(10-13)30-12-18(28)24-15)25-20(16)27(9-8-19(26)29)14-4-2-3-5-14/h6-7,10-11,14H,2-5,8-9,12H2,1H3,(H,24,28)(H,22,23,25). The summed E-state index contributed by atoms with van der Waals surface area (Å²) >= 11 is 0. The summed E-state index contributed by atoms with van der Waals surface area (Å²) in [5, 5.41) is 6.01. The number of carbonyl (C=O) groups is 2. The van der Waals surface area contributed by atoms with E-state index in [1.54, 1.807) is 24.2 Å². The van der Waals surface area contributed by atoms with E-state index in [-0.39, 0.29) is 18.4 Å². The Bertz CT molecular complexity index is 1000. The van der Waals surface area contributed by atoms with Crippen molar-refractivity contribution in [2.24, 2.45) is 0 Å². The predicted octanol–water partition coefficient (Wildman–Crippen LogP) is 2.67. The van der Waals surface area contributed by atoms with Crippen molar-refractivity contribution in [3.05, 3.63) is 24.4 Å². The molecule has 0 saturated heterocycles. The molecule has 30 heavy (non-hydrogen) atoms. The van der Waals surface area contributed by atoms with Gasteiger partial charge in [0.1, 0.15) is 11.4 Å². The Morgan fingerprint density at radius 3 is 2.90 bits per heavy atom. The molecular weight excluding hydrogens is 384 g/mol. The number of carbonyl (C=O) groups excluding carboxylic acids is 2. The number of hydrogen-bond donors (Lipinski definition) is 2. The summed E-state index contributed by atoms with van der Waals surface area (Å²) in [5.74, 6) is 1.78. The topological polar surface area (TPSA) is 99.7 Å². The van der Waals surface area contributed by atoms with Crippen LogP contribution < -0.4 is 25.2 Å². The highest BCUT2D eigenvalue weighted by atomic mass is 16.5. The van der Waals surface area contributed by atoms with Crippen molar-refractivity contribution in [2.45, 2.75) is 38.1 Å². The molecule has 0 spiro atoms. The number of amides is 2. The van der Waals surface area contributed by atoms with Crippen LogP contribution in [0.25, 0.3) is 0 Å². The average molecular weight is 408 g/mol. The number of nitrogens with one attached hydrogen (secondary N) is 2. The van der Waals surface area contributed by atoms with Gasteiger partial charge in [0, 0.05) is 37.8 Å². The predicted molar refractivity (Wildman–Crippen MR) is 114 cm³/mol. The van der Waals surface area contributed by atoms with Gasteiger partial charge in [0.2, 0.25) is 11.9 Å². The van der Waals surface area contributed by atoms with Crippen LogP contribution in [0.1, 0.15) is 32.1 Å². The van der Waals surface area contributed by atoms with Gasteiger partial charge in [-0.05, 0) is 25.0 Å². The molecule has 1 aromatic carbocycles. The van der Waals surface area contributed by atoms with Gasteiger partial charge in [0.05, 0.1) is 11.9 Å². The lowest BCUT2D eigenvalue weighted by atomic mass is 10.2. The van der Waals surface area contributed by atoms with Crippen molar-refractivity contribution in [1.29, 1.82) is 0 Å². The molecule has 2 aromatic rings. The normalized spacial score (nSPS) is 19.0. The Labute approximate surface area is 174 Å². The van der Waals surface area contributed by atoms with Crippen molar-refractivity contribution in [3.63, 3.8) is 0 Å². The van der Waals surface area contributed by atoms with E-state index in [2.05, 4.69) is 20.5 Å². The quantitative estimate of drug-likeness (QED) is 0.805. The first-order valence-electron chi connectivity index (χ1n) is 10.3. The number of hydrogen-bond acceptors (Lipinski definition) is 7. The van der Waals surface area contributed by atoms with Crippen LogP contribution in [0.5, 0.6) is 5.75 Å². The third kappa shape index (κ3) is 3.40. The van der Waals surface area contributed by atoms with Gasteiger partial charge < -0.3 is 25.2 Å². The van der Waals surface area contributed by atoms with Gasteiger partial charge in [-0.2, -0.15) is 4.98 Å². The van der Waals surface area contributed by atoms with Crippen LogP contribution in [0.15, 0.2) is 24.4 Å². The summed E-state index contributed by atoms with van der Waals surface area (Å²) in [6, 6.07) is 5.85. The first kappa shape index (κ1) is 18.7. The fourth-order valence-corrected chi connectivity index (χ4v) is 4.35. The Morgan fingerprint density at radius 1 is 1.23 bits per heavy atom. The van der Waals surface area contributed by atoms with Crippen LogP contribution in [-0.4, -0.2) is 48.0 Å². The SMILES string of the molecule is CN1C(=O)CCN(C2CCCC2)c2nc(Nc3ccc4c(c3)OCC(=O)N4)ncc21. The highest BCUT2D eigenvalue weighted by molar-refractivity contribution is 5.97. The molecule has 0 radical (unpaired) electrons. The lowest BCUT2D eigenvalue weighted by molar-refractivity contribution is -0.119. The highest BCUT2D eigenvalue weighted by Gasteiger charge is 2.31. The van der Waals surface area contributed by atoms with Gasteiger partial charge in [0.25, 0.3) is 5.91 Å². The Kier molecular flexibility index (Phi) is 4.65. The third-order valence-electron chi connectivity index (χ3n) is 5.96. The number of nitrogens with zero attached hydrogens (tertiary/aromatic N) is 4. The van der Waals surface area contributed by atoms with E-state index < -0.39 is 0 Å². The Morgan fingerprint density at radius 2 is 2.07 bits per heavy atom. The van der Waals surface area contributed by atoms with Crippen molar-refractivity contribution < 1.29 is 14.3 Å². The minimum Gasteiger partial charge on any atom is -0.482 e. The zero-order chi connectivity index (χ0) is 20.7. The molecule has 3 heterocycles. The maximum Gasteiger partial charge on any atom is 0.262 e. The second-order valence-electron chi connectivity index (χ2n) is 7.91. The summed E-state index contributed by atoms with van der Waals surface area (Å²) in [5.41, 5.74) is 2.15. The second kappa shape index (κ2) is 7.47. The molecule has 2 amide bonds. The van der Waals surface area contributed by atoms with Crippen molar-refractivity contribution in [1.82, 2.24) is 9.97 Å². The van der Waals surface area contributed by atoms with Crippen LogP contribution in [0.3, 0.4) is 0 Å². The maximum atomic E-state index is 12.5. The lowest BCUT2D eigenvalue weighted by Crippen LogP contribution is -2.34. The Balaban J connectivity index is 1.46. The Hall–Kier alpha value is -3.36. The smallest absolute Gasteiger partial charge is 0.262 e. The minimum absolute atomic E-state index is 0.00249. The fourth-order valence-electron chi connectivity index (χ4n) is 4.35. The fraction of sp³-hybridized carbons (Fsp3) is 0.429. The zero-order valence-corrected chi connectivity index (χ0v) is 16.9. The third-order valence-corrected chi connectivity index (χ3v) is 5.96. The molecule has 9 nitrogen and oxygen atoms in total. The van der Waals surface area contributed by atoms with E-state index in [0.29, 0.717) is 36.4 Å². The van der Waals surface area contributed by atoms with Crippen LogP contribution >= 0.6 is 0 Å². The molecule has 1 saturated carbocycles. The van der Waals surface area contributed by atoms with Gasteiger partial charge in [-0.15, -0.1) is 0 Å². The van der Waals surface area contributed by atoms with E-state index in [1.807, 2.05) is 12.1 Å². The molecule has 3 aliphatic rings. The van der Waals surface area contributed by atoms with Gasteiger partial charge in [-0.25, -0.2) is 4.98 Å². The van der Waals surface area contributed by atoms with Crippen LogP contribution in [-0.2, 0) is 9.59 Å². The van der Waals surface area contributed by atoms with Gasteiger partial charge in [0.15, 0.2) is 12.4 Å². The van der Waals surface area contributed by atoms with E-state index in [1.165, 1.54) is 12.8 Å². The molecule has 1 aliphatic carbocycles. The molecule has 9 heteroatoms. The number of rotatable bonds is 3. The lowest BCUT2D eigenvalue weighted by Gasteiger charge is -2.30. The van der Waals surface area contributed by atoms with E-state index in [0.717, 1.165) is 30.0 Å². The van der Waals surface area contributed by atoms with Crippen molar-refractivity contribution in [3.8, 4) is 5.75 Å². The summed E-state index contributed by atoms with van der Waals surface area (Å²) in [7, 11) is 1.78. The molecule has 2 aliphatic heterocycles. The van der Waals surface area contributed by atoms with Crippen LogP contribution in [0.4, 0.5) is 28.8 Å². The largest absolute Gasteiger partial charge is 0.482 e. The average Bonchev–Trinajstić information content (AvgIpc) is 3.24. The molecule has 0 bridgehead atoms. The van der Waals surface area contributed by atoms with Gasteiger partial charge >= 0.3 is 0 Å². The number of aromatic nitrogens is 2. The number of anilines is 5. The van der Waals surface area contributed by atoms with E-state index in [4.69, 9.17) is 9.72 Å². The molecule has 0 atom stereocenters. The zero-order valence-electron chi connectivity index (χ0n) is 16.9. The molecule has 5 rings (SSSR count). The first-order chi connectivity index (χ1) is 14.6. The number of benzene rings is 1. The maximum absolute atomic E-state index is 12.5. The number of ether oxygens (including phenoxy) is 1. The molecule has 2 N–H and O–H groups in total. The molecule has 156 valence electrons.